The summed E-state index contributed by atoms with van der Waals surface area (Å²) in [5, 5.41) is 6.84. The molecule has 2 aromatic rings. The smallest absolute Gasteiger partial charge is 0.233 e. The summed E-state index contributed by atoms with van der Waals surface area (Å²) >= 11 is 0. The van der Waals surface area contributed by atoms with Crippen molar-refractivity contribution in [2.45, 2.75) is 58.2 Å². The average molecular weight is 450 g/mol. The van der Waals surface area contributed by atoms with E-state index >= 15 is 0 Å². The molecule has 1 fully saturated rings. The molecule has 1 aromatic carbocycles. The van der Waals surface area contributed by atoms with Gasteiger partial charge in [0.1, 0.15) is 11.2 Å². The molecule has 1 aromatic heterocycles. The summed E-state index contributed by atoms with van der Waals surface area (Å²) < 4.78 is 0. The van der Waals surface area contributed by atoms with Gasteiger partial charge in [-0.2, -0.15) is 0 Å². The molecular formula is C27H39N5O. The monoisotopic (exact) mass is 449 g/mol. The molecule has 4 rings (SSSR count). The third-order valence-corrected chi connectivity index (χ3v) is 6.93. The van der Waals surface area contributed by atoms with Crippen molar-refractivity contribution < 1.29 is 4.79 Å². The highest BCUT2D eigenvalue weighted by atomic mass is 16.2. The van der Waals surface area contributed by atoms with Crippen LogP contribution in [0.25, 0.3) is 0 Å². The van der Waals surface area contributed by atoms with Crippen LogP contribution in [0, 0.1) is 5.92 Å². The first kappa shape index (κ1) is 23.7. The van der Waals surface area contributed by atoms with Crippen molar-refractivity contribution in [3.05, 3.63) is 59.3 Å². The SMILES string of the molecule is CC(C)CNc1ccc2c(n1)C(C)(C(=O)NC1CCN(C)CC1)CN(Cc1ccccc1)C2. The van der Waals surface area contributed by atoms with E-state index in [1.165, 1.54) is 5.56 Å². The molecule has 0 radical (unpaired) electrons. The summed E-state index contributed by atoms with van der Waals surface area (Å²) in [5.74, 6) is 1.49. The van der Waals surface area contributed by atoms with Crippen LogP contribution in [-0.4, -0.2) is 60.0 Å². The number of fused-ring (bicyclic) bond motifs is 1. The summed E-state index contributed by atoms with van der Waals surface area (Å²) in [6.45, 7) is 11.7. The van der Waals surface area contributed by atoms with E-state index in [9.17, 15) is 4.79 Å². The third-order valence-electron chi connectivity index (χ3n) is 6.93. The minimum absolute atomic E-state index is 0.101. The number of amides is 1. The Morgan fingerprint density at radius 2 is 1.88 bits per heavy atom. The molecule has 2 N–H and O–H groups in total. The lowest BCUT2D eigenvalue weighted by molar-refractivity contribution is -0.128. The molecule has 0 bridgehead atoms. The molecule has 6 heteroatoms. The Morgan fingerprint density at radius 3 is 2.58 bits per heavy atom. The van der Waals surface area contributed by atoms with Crippen molar-refractivity contribution in [2.75, 3.05) is 38.5 Å². The molecule has 33 heavy (non-hydrogen) atoms. The van der Waals surface area contributed by atoms with Gasteiger partial charge in [0.2, 0.25) is 5.91 Å². The highest BCUT2D eigenvalue weighted by Gasteiger charge is 2.44. The molecule has 6 nitrogen and oxygen atoms in total. The molecule has 2 aliphatic heterocycles. The molecule has 178 valence electrons. The first-order valence-electron chi connectivity index (χ1n) is 12.3. The number of likely N-dealkylation sites (tertiary alicyclic amines) is 1. The van der Waals surface area contributed by atoms with Gasteiger partial charge in [-0.25, -0.2) is 4.98 Å². The maximum atomic E-state index is 13.8. The molecule has 1 atom stereocenters. The average Bonchev–Trinajstić information content (AvgIpc) is 2.80. The molecule has 1 saturated heterocycles. The van der Waals surface area contributed by atoms with Gasteiger partial charge in [-0.3, -0.25) is 9.69 Å². The summed E-state index contributed by atoms with van der Waals surface area (Å²) in [5.41, 5.74) is 2.64. The maximum Gasteiger partial charge on any atom is 0.233 e. The maximum absolute atomic E-state index is 13.8. The quantitative estimate of drug-likeness (QED) is 0.676. The Morgan fingerprint density at radius 1 is 1.15 bits per heavy atom. The number of pyridine rings is 1. The van der Waals surface area contributed by atoms with Crippen LogP contribution in [0.1, 0.15) is 50.4 Å². The first-order chi connectivity index (χ1) is 15.8. The Labute approximate surface area is 198 Å². The number of anilines is 1. The van der Waals surface area contributed by atoms with E-state index in [1.54, 1.807) is 0 Å². The van der Waals surface area contributed by atoms with Crippen LogP contribution in [0.4, 0.5) is 5.82 Å². The lowest BCUT2D eigenvalue weighted by Gasteiger charge is -2.41. The second kappa shape index (κ2) is 10.2. The molecule has 1 unspecified atom stereocenters. The lowest BCUT2D eigenvalue weighted by atomic mass is 9.78. The van der Waals surface area contributed by atoms with Gasteiger partial charge in [0, 0.05) is 32.2 Å². The molecule has 3 heterocycles. The van der Waals surface area contributed by atoms with Crippen LogP contribution in [0.15, 0.2) is 42.5 Å². The van der Waals surface area contributed by atoms with Gasteiger partial charge in [0.15, 0.2) is 0 Å². The number of hydrogen-bond acceptors (Lipinski definition) is 5. The largest absolute Gasteiger partial charge is 0.370 e. The second-order valence-corrected chi connectivity index (χ2v) is 10.5. The number of carbonyl (C=O) groups is 1. The van der Waals surface area contributed by atoms with Crippen LogP contribution < -0.4 is 10.6 Å². The summed E-state index contributed by atoms with van der Waals surface area (Å²) in [4.78, 5) is 23.5. The predicted octanol–water partition coefficient (Wildman–Crippen LogP) is 3.63. The van der Waals surface area contributed by atoms with Crippen LogP contribution in [0.5, 0.6) is 0 Å². The van der Waals surface area contributed by atoms with E-state index < -0.39 is 5.41 Å². The number of piperidine rings is 1. The Balaban J connectivity index is 1.60. The van der Waals surface area contributed by atoms with E-state index in [0.717, 1.165) is 62.6 Å². The van der Waals surface area contributed by atoms with Gasteiger partial charge in [-0.05, 0) is 63.0 Å². The van der Waals surface area contributed by atoms with E-state index in [0.29, 0.717) is 12.5 Å². The zero-order chi connectivity index (χ0) is 23.4. The summed E-state index contributed by atoms with van der Waals surface area (Å²) in [6.07, 6.45) is 2.00. The molecule has 0 aliphatic carbocycles. The van der Waals surface area contributed by atoms with Crippen LogP contribution in [0.3, 0.4) is 0 Å². The fourth-order valence-electron chi connectivity index (χ4n) is 4.95. The Hall–Kier alpha value is -2.44. The highest BCUT2D eigenvalue weighted by molar-refractivity contribution is 5.88. The highest BCUT2D eigenvalue weighted by Crippen LogP contribution is 2.35. The van der Waals surface area contributed by atoms with Gasteiger partial charge in [0.05, 0.1) is 5.69 Å². The van der Waals surface area contributed by atoms with E-state index in [1.807, 2.05) is 6.07 Å². The summed E-state index contributed by atoms with van der Waals surface area (Å²) in [6, 6.07) is 15.0. The minimum atomic E-state index is -0.693. The van der Waals surface area contributed by atoms with E-state index in [-0.39, 0.29) is 11.9 Å². The van der Waals surface area contributed by atoms with Gasteiger partial charge in [-0.15, -0.1) is 0 Å². The Kier molecular flexibility index (Phi) is 7.35. The zero-order valence-corrected chi connectivity index (χ0v) is 20.6. The second-order valence-electron chi connectivity index (χ2n) is 10.5. The molecule has 0 spiro atoms. The molecule has 2 aliphatic rings. The Bertz CT molecular complexity index is 939. The fraction of sp³-hybridized carbons (Fsp3) is 0.556. The van der Waals surface area contributed by atoms with Crippen molar-refractivity contribution in [3.63, 3.8) is 0 Å². The molecular weight excluding hydrogens is 410 g/mol. The van der Waals surface area contributed by atoms with Crippen molar-refractivity contribution in [1.29, 1.82) is 0 Å². The number of nitrogens with zero attached hydrogens (tertiary/aromatic N) is 3. The third kappa shape index (κ3) is 5.74. The fourth-order valence-corrected chi connectivity index (χ4v) is 4.95. The van der Waals surface area contributed by atoms with E-state index in [2.05, 4.69) is 84.7 Å². The minimum Gasteiger partial charge on any atom is -0.370 e. The van der Waals surface area contributed by atoms with Gasteiger partial charge in [0.25, 0.3) is 0 Å². The van der Waals surface area contributed by atoms with Gasteiger partial charge < -0.3 is 15.5 Å². The van der Waals surface area contributed by atoms with Gasteiger partial charge in [-0.1, -0.05) is 50.2 Å². The number of carbonyl (C=O) groups excluding carboxylic acids is 1. The standard InChI is InChI=1S/C27H39N5O/c1-20(2)16-28-24-11-10-22-18-32(17-21-8-6-5-7-9-21)19-27(3,25(22)30-24)26(33)29-23-12-14-31(4)15-13-23/h5-11,20,23H,12-19H2,1-4H3,(H,28,30)(H,29,33). The number of hydrogen-bond donors (Lipinski definition) is 2. The number of nitrogens with one attached hydrogen (secondary N) is 2. The summed E-state index contributed by atoms with van der Waals surface area (Å²) in [7, 11) is 2.15. The van der Waals surface area contributed by atoms with Crippen LogP contribution in [0.2, 0.25) is 0 Å². The van der Waals surface area contributed by atoms with E-state index in [4.69, 9.17) is 4.98 Å². The molecule has 1 amide bonds. The predicted molar refractivity (Wildman–Crippen MR) is 134 cm³/mol. The lowest BCUT2D eigenvalue weighted by Crippen LogP contribution is -2.56. The topological polar surface area (TPSA) is 60.5 Å². The van der Waals surface area contributed by atoms with Crippen LogP contribution in [-0.2, 0) is 23.3 Å². The van der Waals surface area contributed by atoms with Crippen molar-refractivity contribution >= 4 is 11.7 Å². The van der Waals surface area contributed by atoms with Gasteiger partial charge >= 0.3 is 0 Å². The number of benzene rings is 1. The first-order valence-corrected chi connectivity index (χ1v) is 12.3. The normalized spacial score (nSPS) is 22.2. The van der Waals surface area contributed by atoms with Crippen molar-refractivity contribution in [1.82, 2.24) is 20.1 Å². The zero-order valence-electron chi connectivity index (χ0n) is 20.6. The number of rotatable bonds is 7. The molecule has 0 saturated carbocycles. The number of aromatic nitrogens is 1. The van der Waals surface area contributed by atoms with Crippen LogP contribution >= 0.6 is 0 Å². The van der Waals surface area contributed by atoms with Crippen molar-refractivity contribution in [3.8, 4) is 0 Å². The van der Waals surface area contributed by atoms with Crippen molar-refractivity contribution in [2.24, 2.45) is 5.92 Å².